The third kappa shape index (κ3) is 5.45. The predicted molar refractivity (Wildman–Crippen MR) is 107 cm³/mol. The summed E-state index contributed by atoms with van der Waals surface area (Å²) in [6.45, 7) is 6.77. The first-order valence-corrected chi connectivity index (χ1v) is 10.3. The molecule has 1 aromatic rings. The molecule has 1 aromatic carbocycles. The Labute approximate surface area is 167 Å². The summed E-state index contributed by atoms with van der Waals surface area (Å²) in [7, 11) is 0. The molecular weight excluding hydrogens is 359 g/mol. The number of hydrogen-bond acceptors (Lipinski definition) is 3. The number of ether oxygens (including phenoxy) is 1. The number of carbonyl (C=O) groups is 1. The number of rotatable bonds is 5. The van der Waals surface area contributed by atoms with Gasteiger partial charge in [0.15, 0.2) is 0 Å². The van der Waals surface area contributed by atoms with Gasteiger partial charge in [-0.3, -0.25) is 0 Å². The molecule has 5 nitrogen and oxygen atoms in total. The second-order valence-corrected chi connectivity index (χ2v) is 9.42. The van der Waals surface area contributed by atoms with Gasteiger partial charge in [0.25, 0.3) is 0 Å². The van der Waals surface area contributed by atoms with Crippen molar-refractivity contribution in [2.75, 3.05) is 6.61 Å². The van der Waals surface area contributed by atoms with Crippen molar-refractivity contribution < 1.29 is 19.0 Å². The summed E-state index contributed by atoms with van der Waals surface area (Å²) in [5, 5.41) is 15.6. The Hall–Kier alpha value is -1.66. The first-order valence-electron chi connectivity index (χ1n) is 10.3. The fourth-order valence-electron chi connectivity index (χ4n) is 4.67. The predicted octanol–water partition coefficient (Wildman–Crippen LogP) is 3.97. The number of carboxylic acid groups (broad SMARTS) is 1. The third-order valence-corrected chi connectivity index (χ3v) is 6.09. The highest BCUT2D eigenvalue weighted by Gasteiger charge is 2.45. The van der Waals surface area contributed by atoms with E-state index in [1.807, 2.05) is 12.1 Å². The monoisotopic (exact) mass is 392 g/mol. The van der Waals surface area contributed by atoms with Gasteiger partial charge in [0.1, 0.15) is 5.82 Å². The van der Waals surface area contributed by atoms with Gasteiger partial charge in [-0.15, -0.1) is 0 Å². The highest BCUT2D eigenvalue weighted by molar-refractivity contribution is 5.65. The summed E-state index contributed by atoms with van der Waals surface area (Å²) in [6.07, 6.45) is 4.25. The van der Waals surface area contributed by atoms with E-state index in [1.165, 1.54) is 17.7 Å². The molecule has 0 aromatic heterocycles. The van der Waals surface area contributed by atoms with E-state index in [0.29, 0.717) is 18.6 Å². The van der Waals surface area contributed by atoms with Crippen LogP contribution in [0.2, 0.25) is 0 Å². The summed E-state index contributed by atoms with van der Waals surface area (Å²) in [6, 6.07) is 6.96. The molecule has 1 aliphatic carbocycles. The van der Waals surface area contributed by atoms with Crippen molar-refractivity contribution in [1.29, 1.82) is 0 Å². The fourth-order valence-corrected chi connectivity index (χ4v) is 4.67. The first kappa shape index (κ1) is 21.1. The first-order chi connectivity index (χ1) is 13.2. The molecule has 6 heteroatoms. The van der Waals surface area contributed by atoms with Crippen molar-refractivity contribution >= 4 is 6.09 Å². The number of amides is 1. The van der Waals surface area contributed by atoms with Crippen LogP contribution < -0.4 is 10.6 Å². The van der Waals surface area contributed by atoms with Gasteiger partial charge in [-0.1, -0.05) is 32.9 Å². The highest BCUT2D eigenvalue weighted by atomic mass is 19.1. The largest absolute Gasteiger partial charge is 0.465 e. The lowest BCUT2D eigenvalue weighted by Crippen LogP contribution is -2.56. The van der Waals surface area contributed by atoms with E-state index in [1.54, 1.807) is 0 Å². The summed E-state index contributed by atoms with van der Waals surface area (Å²) in [4.78, 5) is 11.3. The van der Waals surface area contributed by atoms with Crippen LogP contribution in [0.5, 0.6) is 0 Å². The molecule has 0 radical (unpaired) electrons. The molecule has 1 amide bonds. The molecule has 3 N–H and O–H groups in total. The van der Waals surface area contributed by atoms with Crippen molar-refractivity contribution in [1.82, 2.24) is 10.6 Å². The average Bonchev–Trinajstić information content (AvgIpc) is 3.01. The molecule has 3 atom stereocenters. The Kier molecular flexibility index (Phi) is 6.61. The number of nitrogens with one attached hydrogen (secondary N) is 2. The van der Waals surface area contributed by atoms with E-state index < -0.39 is 6.09 Å². The van der Waals surface area contributed by atoms with E-state index in [9.17, 15) is 14.3 Å². The van der Waals surface area contributed by atoms with Crippen LogP contribution in [0.3, 0.4) is 0 Å². The van der Waals surface area contributed by atoms with E-state index in [-0.39, 0.29) is 29.4 Å². The van der Waals surface area contributed by atoms with Crippen molar-refractivity contribution in [2.24, 2.45) is 11.3 Å². The van der Waals surface area contributed by atoms with E-state index in [2.05, 4.69) is 31.4 Å². The maximum atomic E-state index is 13.1. The van der Waals surface area contributed by atoms with Gasteiger partial charge in [-0.25, -0.2) is 9.18 Å². The molecular formula is C22H33FN2O3. The maximum absolute atomic E-state index is 13.1. The van der Waals surface area contributed by atoms with Gasteiger partial charge < -0.3 is 20.5 Å². The molecule has 1 unspecified atom stereocenters. The lowest BCUT2D eigenvalue weighted by atomic mass is 9.81. The number of hydrogen-bond donors (Lipinski definition) is 3. The molecule has 2 fully saturated rings. The van der Waals surface area contributed by atoms with Gasteiger partial charge >= 0.3 is 6.09 Å². The van der Waals surface area contributed by atoms with Crippen molar-refractivity contribution in [3.8, 4) is 0 Å². The van der Waals surface area contributed by atoms with Crippen LogP contribution in [0, 0.1) is 17.2 Å². The molecule has 1 saturated heterocycles. The van der Waals surface area contributed by atoms with Crippen LogP contribution in [0.15, 0.2) is 24.3 Å². The van der Waals surface area contributed by atoms with Crippen molar-refractivity contribution in [2.45, 2.75) is 77.1 Å². The Bertz CT molecular complexity index is 651. The molecule has 0 spiro atoms. The third-order valence-electron chi connectivity index (χ3n) is 6.09. The Morgan fingerprint density at radius 3 is 2.39 bits per heavy atom. The van der Waals surface area contributed by atoms with E-state index >= 15 is 0 Å². The molecule has 28 heavy (non-hydrogen) atoms. The number of benzene rings is 1. The van der Waals surface area contributed by atoms with Crippen LogP contribution in [-0.4, -0.2) is 42.0 Å². The summed E-state index contributed by atoms with van der Waals surface area (Å²) in [5.74, 6) is 0.437. The van der Waals surface area contributed by atoms with Gasteiger partial charge in [-0.05, 0) is 61.1 Å². The van der Waals surface area contributed by atoms with Gasteiger partial charge in [0, 0.05) is 6.04 Å². The van der Waals surface area contributed by atoms with Crippen LogP contribution >= 0.6 is 0 Å². The second kappa shape index (κ2) is 8.78. The zero-order chi connectivity index (χ0) is 20.3. The van der Waals surface area contributed by atoms with Crippen LogP contribution in [0.1, 0.15) is 52.0 Å². The average molecular weight is 393 g/mol. The Morgan fingerprint density at radius 1 is 1.18 bits per heavy atom. The number of halogens is 1. The Balaban J connectivity index is 1.51. The molecule has 156 valence electrons. The highest BCUT2D eigenvalue weighted by Crippen LogP contribution is 2.33. The minimum Gasteiger partial charge on any atom is -0.465 e. The van der Waals surface area contributed by atoms with E-state index in [0.717, 1.165) is 32.1 Å². The van der Waals surface area contributed by atoms with Crippen molar-refractivity contribution in [3.05, 3.63) is 35.6 Å². The normalized spacial score (nSPS) is 30.9. The minimum atomic E-state index is -1.00. The summed E-state index contributed by atoms with van der Waals surface area (Å²) in [5.41, 5.74) is 1.07. The molecule has 2 aliphatic rings. The second-order valence-electron chi connectivity index (χ2n) is 9.42. The summed E-state index contributed by atoms with van der Waals surface area (Å²) >= 11 is 0. The SMILES string of the molecule is CC(C)(C)C1OC[C@@H](NC2CCC(Cc3ccc(F)cc3)CC2)[C@@H]1NC(=O)O. The van der Waals surface area contributed by atoms with Crippen LogP contribution in [-0.2, 0) is 11.2 Å². The van der Waals surface area contributed by atoms with Crippen LogP contribution in [0.25, 0.3) is 0 Å². The lowest BCUT2D eigenvalue weighted by Gasteiger charge is -2.35. The fraction of sp³-hybridized carbons (Fsp3) is 0.682. The molecule has 0 bridgehead atoms. The lowest BCUT2D eigenvalue weighted by molar-refractivity contribution is 0.0165. The van der Waals surface area contributed by atoms with Gasteiger partial charge in [-0.2, -0.15) is 0 Å². The molecule has 1 aliphatic heterocycles. The van der Waals surface area contributed by atoms with E-state index in [4.69, 9.17) is 4.74 Å². The quantitative estimate of drug-likeness (QED) is 0.709. The topological polar surface area (TPSA) is 70.6 Å². The maximum Gasteiger partial charge on any atom is 0.405 e. The van der Waals surface area contributed by atoms with Crippen LogP contribution in [0.4, 0.5) is 9.18 Å². The zero-order valence-corrected chi connectivity index (χ0v) is 17.1. The minimum absolute atomic E-state index is 0.000950. The molecule has 3 rings (SSSR count). The van der Waals surface area contributed by atoms with Gasteiger partial charge in [0.05, 0.1) is 24.8 Å². The summed E-state index contributed by atoms with van der Waals surface area (Å²) < 4.78 is 19.0. The smallest absolute Gasteiger partial charge is 0.405 e. The standard InChI is InChI=1S/C22H33FN2O3/c1-22(2,3)20-19(25-21(26)27)18(13-28-20)24-17-10-6-15(7-11-17)12-14-4-8-16(23)9-5-14/h4-5,8-9,15,17-20,24-25H,6-7,10-13H2,1-3H3,(H,26,27)/t15?,17?,18-,19+,20?/m1/s1. The van der Waals surface area contributed by atoms with Gasteiger partial charge in [0.2, 0.25) is 0 Å². The molecule has 1 saturated carbocycles. The Morgan fingerprint density at radius 2 is 1.82 bits per heavy atom. The molecule has 1 heterocycles. The zero-order valence-electron chi connectivity index (χ0n) is 17.1. The van der Waals surface area contributed by atoms with Crippen molar-refractivity contribution in [3.63, 3.8) is 0 Å².